The minimum atomic E-state index is 0.00379. The first-order valence-electron chi connectivity index (χ1n) is 18.3. The van der Waals surface area contributed by atoms with Crippen LogP contribution in [0.15, 0.2) is 42.6 Å². The van der Waals surface area contributed by atoms with Gasteiger partial charge in [0.1, 0.15) is 0 Å². The van der Waals surface area contributed by atoms with Crippen LogP contribution in [0.3, 0.4) is 0 Å². The molecule has 3 heteroatoms. The van der Waals surface area contributed by atoms with Crippen LogP contribution in [-0.4, -0.2) is 10.9 Å². The number of amides is 1. The number of aryl methyl sites for hydroxylation is 2. The molecule has 5 aliphatic carbocycles. The van der Waals surface area contributed by atoms with Crippen LogP contribution in [0.1, 0.15) is 138 Å². The number of rotatable bonds is 6. The topological polar surface area (TPSA) is 42.0 Å². The Morgan fingerprint density at radius 2 is 1.70 bits per heavy atom. The minimum Gasteiger partial charge on any atom is -0.346 e. The van der Waals surface area contributed by atoms with E-state index in [1.54, 1.807) is 6.20 Å². The van der Waals surface area contributed by atoms with Gasteiger partial charge in [0.05, 0.1) is 12.2 Å². The highest BCUT2D eigenvalue weighted by atomic mass is 16.1. The van der Waals surface area contributed by atoms with Crippen molar-refractivity contribution in [3.63, 3.8) is 0 Å². The van der Waals surface area contributed by atoms with Crippen LogP contribution in [0.4, 0.5) is 0 Å². The molecule has 0 saturated heterocycles. The molecule has 5 aliphatic rings. The molecule has 8 unspecified atom stereocenters. The molecule has 0 radical (unpaired) electrons. The second kappa shape index (κ2) is 11.3. The normalized spacial score (nSPS) is 39.0. The van der Waals surface area contributed by atoms with Gasteiger partial charge in [-0.15, -0.1) is 0 Å². The van der Waals surface area contributed by atoms with Gasteiger partial charge in [-0.1, -0.05) is 58.7 Å². The first-order valence-corrected chi connectivity index (χ1v) is 18.3. The van der Waals surface area contributed by atoms with Gasteiger partial charge in [-0.3, -0.25) is 9.78 Å². The van der Waals surface area contributed by atoms with Crippen LogP contribution in [0.25, 0.3) is 0 Å². The Kier molecular flexibility index (Phi) is 7.81. The summed E-state index contributed by atoms with van der Waals surface area (Å²) in [6.07, 6.45) is 21.7. The number of nitrogens with one attached hydrogen (secondary N) is 1. The van der Waals surface area contributed by atoms with Crippen molar-refractivity contribution in [3.8, 4) is 0 Å². The molecule has 8 atom stereocenters. The van der Waals surface area contributed by atoms with Gasteiger partial charge >= 0.3 is 0 Å². The monoisotopic (exact) mass is 594 g/mol. The standard InChI is InChI=1S/C41H58N2O/c1-28-10-8-25-42-34(28)27-43-37(44)30-12-6-11-29(26-30)16-23-41-21-7-13-33(41)31-14-15-36-39(4,32(31)17-24-41)22-18-35-38(2,3)19-9-20-40(35,36)5/h6,8,10-12,25-26,31-33,35-36H,7,9,13-24,27H2,1-5H3,(H,43,44). The van der Waals surface area contributed by atoms with Crippen molar-refractivity contribution in [2.24, 2.45) is 51.2 Å². The van der Waals surface area contributed by atoms with Gasteiger partial charge in [0.15, 0.2) is 0 Å². The van der Waals surface area contributed by atoms with Crippen LogP contribution >= 0.6 is 0 Å². The van der Waals surface area contributed by atoms with Gasteiger partial charge in [-0.05, 0) is 165 Å². The first kappa shape index (κ1) is 30.5. The lowest BCUT2D eigenvalue weighted by atomic mass is 9.36. The van der Waals surface area contributed by atoms with E-state index in [1.807, 2.05) is 25.1 Å². The van der Waals surface area contributed by atoms with Crippen molar-refractivity contribution in [1.29, 1.82) is 0 Å². The number of aromatic nitrogens is 1. The highest BCUT2D eigenvalue weighted by molar-refractivity contribution is 5.94. The van der Waals surface area contributed by atoms with Crippen molar-refractivity contribution in [1.82, 2.24) is 10.3 Å². The predicted octanol–water partition coefficient (Wildman–Crippen LogP) is 10.1. The maximum atomic E-state index is 13.1. The lowest BCUT2D eigenvalue weighted by molar-refractivity contribution is -0.195. The third-order valence-electron chi connectivity index (χ3n) is 15.1. The lowest BCUT2D eigenvalue weighted by Crippen LogP contribution is -2.61. The van der Waals surface area contributed by atoms with E-state index in [0.29, 0.717) is 28.2 Å². The summed E-state index contributed by atoms with van der Waals surface area (Å²) in [5, 5.41) is 3.10. The molecular weight excluding hydrogens is 536 g/mol. The summed E-state index contributed by atoms with van der Waals surface area (Å²) in [5.41, 5.74) is 6.30. The van der Waals surface area contributed by atoms with Gasteiger partial charge < -0.3 is 5.32 Å². The van der Waals surface area contributed by atoms with Crippen molar-refractivity contribution < 1.29 is 4.79 Å². The summed E-state index contributed by atoms with van der Waals surface area (Å²) in [5.74, 6) is 4.65. The van der Waals surface area contributed by atoms with Gasteiger partial charge in [-0.2, -0.15) is 0 Å². The zero-order valence-corrected chi connectivity index (χ0v) is 28.4. The molecular formula is C41H58N2O. The number of benzene rings is 1. The Morgan fingerprint density at radius 3 is 2.55 bits per heavy atom. The van der Waals surface area contributed by atoms with E-state index < -0.39 is 0 Å². The van der Waals surface area contributed by atoms with Gasteiger partial charge in [0, 0.05) is 11.8 Å². The smallest absolute Gasteiger partial charge is 0.251 e. The summed E-state index contributed by atoms with van der Waals surface area (Å²) >= 11 is 0. The van der Waals surface area contributed by atoms with Crippen LogP contribution in [0, 0.1) is 58.2 Å². The van der Waals surface area contributed by atoms with Gasteiger partial charge in [0.2, 0.25) is 0 Å². The SMILES string of the molecule is Cc1cccnc1CNC(=O)c1cccc(CCC23CCCC2C2CCC4C(C)(CCC5C(C)(C)CCCC54C)C2CC3)c1. The lowest BCUT2D eigenvalue weighted by Gasteiger charge is -2.68. The average molecular weight is 595 g/mol. The summed E-state index contributed by atoms with van der Waals surface area (Å²) in [6, 6.07) is 12.5. The fraction of sp³-hybridized carbons (Fsp3) is 0.707. The fourth-order valence-electron chi connectivity index (χ4n) is 13.1. The van der Waals surface area contributed by atoms with E-state index in [1.165, 1.54) is 89.0 Å². The summed E-state index contributed by atoms with van der Waals surface area (Å²) in [7, 11) is 0. The third kappa shape index (κ3) is 4.98. The van der Waals surface area contributed by atoms with Crippen LogP contribution < -0.4 is 5.32 Å². The molecule has 3 nitrogen and oxygen atoms in total. The first-order chi connectivity index (χ1) is 21.1. The van der Waals surface area contributed by atoms with E-state index >= 15 is 0 Å². The molecule has 0 aliphatic heterocycles. The van der Waals surface area contributed by atoms with Crippen LogP contribution in [0.5, 0.6) is 0 Å². The maximum Gasteiger partial charge on any atom is 0.251 e. The molecule has 1 aromatic carbocycles. The number of carbonyl (C=O) groups excluding carboxylic acids is 1. The molecule has 1 amide bonds. The molecule has 238 valence electrons. The highest BCUT2D eigenvalue weighted by Gasteiger charge is 2.65. The van der Waals surface area contributed by atoms with Gasteiger partial charge in [-0.25, -0.2) is 0 Å². The quantitative estimate of drug-likeness (QED) is 0.362. The van der Waals surface area contributed by atoms with Crippen molar-refractivity contribution in [2.45, 2.75) is 131 Å². The summed E-state index contributed by atoms with van der Waals surface area (Å²) in [6.45, 7) is 13.2. The van der Waals surface area contributed by atoms with E-state index in [-0.39, 0.29) is 5.91 Å². The number of hydrogen-bond donors (Lipinski definition) is 1. The molecule has 1 heterocycles. The van der Waals surface area contributed by atoms with E-state index in [9.17, 15) is 4.79 Å². The summed E-state index contributed by atoms with van der Waals surface area (Å²) < 4.78 is 0. The van der Waals surface area contributed by atoms with Crippen LogP contribution in [0.2, 0.25) is 0 Å². The van der Waals surface area contributed by atoms with E-state index in [0.717, 1.165) is 52.8 Å². The van der Waals surface area contributed by atoms with Crippen molar-refractivity contribution in [2.75, 3.05) is 0 Å². The largest absolute Gasteiger partial charge is 0.346 e. The second-order valence-electron chi connectivity index (χ2n) is 17.4. The number of pyridine rings is 1. The third-order valence-corrected chi connectivity index (χ3v) is 15.1. The van der Waals surface area contributed by atoms with Crippen molar-refractivity contribution >= 4 is 5.91 Å². The number of fused-ring (bicyclic) bond motifs is 7. The molecule has 0 bridgehead atoms. The number of carbonyl (C=O) groups is 1. The summed E-state index contributed by atoms with van der Waals surface area (Å²) in [4.78, 5) is 17.5. The molecule has 5 fully saturated rings. The molecule has 5 saturated carbocycles. The molecule has 0 spiro atoms. The minimum absolute atomic E-state index is 0.00379. The number of nitrogens with zero attached hydrogens (tertiary/aromatic N) is 1. The maximum absolute atomic E-state index is 13.1. The fourth-order valence-corrected chi connectivity index (χ4v) is 13.1. The molecule has 1 aromatic heterocycles. The molecule has 44 heavy (non-hydrogen) atoms. The average Bonchev–Trinajstić information content (AvgIpc) is 3.44. The number of hydrogen-bond acceptors (Lipinski definition) is 2. The Labute approximate surface area is 267 Å². The Bertz CT molecular complexity index is 1380. The Balaban J connectivity index is 1.03. The van der Waals surface area contributed by atoms with Crippen molar-refractivity contribution in [3.05, 3.63) is 65.0 Å². The molecule has 1 N–H and O–H groups in total. The van der Waals surface area contributed by atoms with E-state index in [4.69, 9.17) is 0 Å². The highest BCUT2D eigenvalue weighted by Crippen LogP contribution is 2.73. The van der Waals surface area contributed by atoms with Crippen LogP contribution in [-0.2, 0) is 13.0 Å². The Hall–Kier alpha value is -2.16. The second-order valence-corrected chi connectivity index (χ2v) is 17.4. The zero-order valence-electron chi connectivity index (χ0n) is 28.4. The predicted molar refractivity (Wildman–Crippen MR) is 180 cm³/mol. The van der Waals surface area contributed by atoms with E-state index in [2.05, 4.69) is 56.2 Å². The molecule has 7 rings (SSSR count). The van der Waals surface area contributed by atoms with Gasteiger partial charge in [0.25, 0.3) is 5.91 Å². The Morgan fingerprint density at radius 1 is 0.841 bits per heavy atom. The molecule has 2 aromatic rings. The zero-order chi connectivity index (χ0) is 30.7.